The number of benzene rings is 1. The zero-order valence-corrected chi connectivity index (χ0v) is 14.8. The van der Waals surface area contributed by atoms with Crippen molar-refractivity contribution < 1.29 is 4.79 Å². The van der Waals surface area contributed by atoms with Crippen LogP contribution in [0.15, 0.2) is 46.8 Å². The number of anilines is 1. The average molecular weight is 341 g/mol. The molecule has 0 saturated heterocycles. The molecular formula is C19H23N3OS. The minimum Gasteiger partial charge on any atom is -0.322 e. The lowest BCUT2D eigenvalue weighted by Crippen LogP contribution is -2.18. The van der Waals surface area contributed by atoms with E-state index in [0.29, 0.717) is 0 Å². The van der Waals surface area contributed by atoms with E-state index in [9.17, 15) is 4.79 Å². The molecule has 1 amide bonds. The second-order valence-electron chi connectivity index (χ2n) is 6.28. The van der Waals surface area contributed by atoms with E-state index in [-0.39, 0.29) is 5.91 Å². The number of allylic oxidation sites excluding steroid dienone is 1. The summed E-state index contributed by atoms with van der Waals surface area (Å²) in [7, 11) is 2.08. The first-order valence-corrected chi connectivity index (χ1v) is 9.30. The van der Waals surface area contributed by atoms with Gasteiger partial charge in [0.1, 0.15) is 0 Å². The van der Waals surface area contributed by atoms with Gasteiger partial charge in [-0.25, -0.2) is 4.98 Å². The predicted octanol–water partition coefficient (Wildman–Crippen LogP) is 4.21. The van der Waals surface area contributed by atoms with Crippen LogP contribution in [0.25, 0.3) is 0 Å². The van der Waals surface area contributed by atoms with Gasteiger partial charge in [-0.2, -0.15) is 0 Å². The average Bonchev–Trinajstić information content (AvgIpc) is 3.08. The Bertz CT molecular complexity index is 709. The second-order valence-corrected chi connectivity index (χ2v) is 7.00. The summed E-state index contributed by atoms with van der Waals surface area (Å²) in [6, 6.07) is 8.09. The van der Waals surface area contributed by atoms with Crippen molar-refractivity contribution in [1.29, 1.82) is 0 Å². The molecule has 0 saturated carbocycles. The third-order valence-corrected chi connectivity index (χ3v) is 4.77. The molecule has 0 unspecified atom stereocenters. The van der Waals surface area contributed by atoms with Crippen molar-refractivity contribution in [3.8, 4) is 0 Å². The Morgan fingerprint density at radius 2 is 2.25 bits per heavy atom. The van der Waals surface area contributed by atoms with Gasteiger partial charge in [-0.3, -0.25) is 9.69 Å². The third-order valence-electron chi connectivity index (χ3n) is 4.14. The van der Waals surface area contributed by atoms with E-state index < -0.39 is 0 Å². The zero-order valence-electron chi connectivity index (χ0n) is 14.0. The highest BCUT2D eigenvalue weighted by Gasteiger charge is 2.12. The van der Waals surface area contributed by atoms with Gasteiger partial charge in [0.15, 0.2) is 0 Å². The number of carbonyl (C=O) groups excluding carboxylic acids is 1. The van der Waals surface area contributed by atoms with Crippen molar-refractivity contribution in [3.05, 3.63) is 58.1 Å². The van der Waals surface area contributed by atoms with Crippen molar-refractivity contribution in [2.75, 3.05) is 12.4 Å². The van der Waals surface area contributed by atoms with Crippen LogP contribution >= 0.6 is 11.3 Å². The highest BCUT2D eigenvalue weighted by atomic mass is 32.1. The minimum absolute atomic E-state index is 0.0441. The number of aromatic nitrogens is 1. The maximum atomic E-state index is 12.3. The molecule has 126 valence electrons. The fraction of sp³-hybridized carbons (Fsp3) is 0.368. The van der Waals surface area contributed by atoms with E-state index in [0.717, 1.165) is 49.3 Å². The van der Waals surface area contributed by atoms with Crippen LogP contribution in [0.4, 0.5) is 5.69 Å². The van der Waals surface area contributed by atoms with E-state index >= 15 is 0 Å². The van der Waals surface area contributed by atoms with Crippen LogP contribution in [0.5, 0.6) is 0 Å². The first-order chi connectivity index (χ1) is 11.7. The highest BCUT2D eigenvalue weighted by molar-refractivity contribution is 7.07. The predicted molar refractivity (Wildman–Crippen MR) is 98.9 cm³/mol. The standard InChI is InChI=1S/C19H23N3OS/c1-22(12-18-13-24-14-20-18)11-15-6-5-9-17(10-15)21-19(23)16-7-3-2-4-8-16/h5-7,9-10,13-14H,2-4,8,11-12H2,1H3,(H,21,23). The normalized spacial score (nSPS) is 14.5. The molecule has 0 fully saturated rings. The number of nitrogens with zero attached hydrogens (tertiary/aromatic N) is 2. The van der Waals surface area contributed by atoms with Crippen LogP contribution < -0.4 is 5.32 Å². The zero-order chi connectivity index (χ0) is 16.8. The first-order valence-electron chi connectivity index (χ1n) is 8.35. The summed E-state index contributed by atoms with van der Waals surface area (Å²) in [5, 5.41) is 5.11. The Hall–Kier alpha value is -1.98. The maximum Gasteiger partial charge on any atom is 0.251 e. The fourth-order valence-electron chi connectivity index (χ4n) is 2.96. The summed E-state index contributed by atoms with van der Waals surface area (Å²) < 4.78 is 0. The summed E-state index contributed by atoms with van der Waals surface area (Å²) in [5.74, 6) is 0.0441. The highest BCUT2D eigenvalue weighted by Crippen LogP contribution is 2.20. The van der Waals surface area contributed by atoms with E-state index in [4.69, 9.17) is 0 Å². The number of carbonyl (C=O) groups is 1. The molecule has 1 aliphatic rings. The van der Waals surface area contributed by atoms with Crippen LogP contribution in [0.2, 0.25) is 0 Å². The molecule has 0 atom stereocenters. The van der Waals surface area contributed by atoms with Gasteiger partial charge in [-0.05, 0) is 50.4 Å². The van der Waals surface area contributed by atoms with Crippen LogP contribution in [-0.4, -0.2) is 22.8 Å². The molecular weight excluding hydrogens is 318 g/mol. The van der Waals surface area contributed by atoms with Gasteiger partial charge in [0.2, 0.25) is 0 Å². The number of amides is 1. The maximum absolute atomic E-state index is 12.3. The lowest BCUT2D eigenvalue weighted by Gasteiger charge is -2.17. The quantitative estimate of drug-likeness (QED) is 0.856. The summed E-state index contributed by atoms with van der Waals surface area (Å²) in [6.45, 7) is 1.65. The van der Waals surface area contributed by atoms with Gasteiger partial charge in [-0.15, -0.1) is 11.3 Å². The van der Waals surface area contributed by atoms with E-state index in [1.807, 2.05) is 17.6 Å². The molecule has 0 aliphatic heterocycles. The van der Waals surface area contributed by atoms with Crippen molar-refractivity contribution >= 4 is 22.9 Å². The Labute approximate surface area is 147 Å². The molecule has 1 heterocycles. The van der Waals surface area contributed by atoms with Crippen molar-refractivity contribution in [2.24, 2.45) is 0 Å². The molecule has 1 N–H and O–H groups in total. The lowest BCUT2D eigenvalue weighted by atomic mass is 9.99. The Balaban J connectivity index is 1.59. The van der Waals surface area contributed by atoms with E-state index in [1.165, 1.54) is 12.0 Å². The van der Waals surface area contributed by atoms with Crippen LogP contribution in [-0.2, 0) is 17.9 Å². The molecule has 0 bridgehead atoms. The smallest absolute Gasteiger partial charge is 0.251 e. The van der Waals surface area contributed by atoms with Crippen LogP contribution in [0.1, 0.15) is 36.9 Å². The summed E-state index contributed by atoms with van der Waals surface area (Å²) in [5.41, 5.74) is 5.93. The van der Waals surface area contributed by atoms with Gasteiger partial charge in [-0.1, -0.05) is 18.2 Å². The summed E-state index contributed by atoms with van der Waals surface area (Å²) >= 11 is 1.62. The third kappa shape index (κ3) is 4.76. The van der Waals surface area contributed by atoms with Gasteiger partial charge in [0.05, 0.1) is 11.2 Å². The van der Waals surface area contributed by atoms with Gasteiger partial charge < -0.3 is 5.32 Å². The molecule has 5 heteroatoms. The Morgan fingerprint density at radius 3 is 3.00 bits per heavy atom. The number of nitrogens with one attached hydrogen (secondary N) is 1. The van der Waals surface area contributed by atoms with Gasteiger partial charge in [0.25, 0.3) is 5.91 Å². The Kier molecular flexibility index (Phi) is 5.77. The SMILES string of the molecule is CN(Cc1cccc(NC(=O)C2=CCCCC2)c1)Cc1cscn1. The van der Waals surface area contributed by atoms with Crippen LogP contribution in [0.3, 0.4) is 0 Å². The van der Waals surface area contributed by atoms with E-state index in [1.54, 1.807) is 11.3 Å². The number of rotatable bonds is 6. The summed E-state index contributed by atoms with van der Waals surface area (Å²) in [6.07, 6.45) is 6.29. The molecule has 4 nitrogen and oxygen atoms in total. The second kappa shape index (κ2) is 8.22. The first kappa shape index (κ1) is 16.9. The van der Waals surface area contributed by atoms with E-state index in [2.05, 4.69) is 45.8 Å². The topological polar surface area (TPSA) is 45.2 Å². The molecule has 0 spiro atoms. The summed E-state index contributed by atoms with van der Waals surface area (Å²) in [4.78, 5) is 18.9. The molecule has 2 aromatic rings. The molecule has 1 aromatic heterocycles. The van der Waals surface area contributed by atoms with Gasteiger partial charge >= 0.3 is 0 Å². The fourth-order valence-corrected chi connectivity index (χ4v) is 3.51. The molecule has 0 radical (unpaired) electrons. The molecule has 1 aromatic carbocycles. The molecule has 1 aliphatic carbocycles. The lowest BCUT2D eigenvalue weighted by molar-refractivity contribution is -0.113. The molecule has 3 rings (SSSR count). The number of hydrogen-bond acceptors (Lipinski definition) is 4. The van der Waals surface area contributed by atoms with Crippen LogP contribution in [0, 0.1) is 0 Å². The largest absolute Gasteiger partial charge is 0.322 e. The number of hydrogen-bond donors (Lipinski definition) is 1. The van der Waals surface area contributed by atoms with Crippen molar-refractivity contribution in [1.82, 2.24) is 9.88 Å². The van der Waals surface area contributed by atoms with Gasteiger partial charge in [0, 0.05) is 29.7 Å². The minimum atomic E-state index is 0.0441. The monoisotopic (exact) mass is 341 g/mol. The number of thiazole rings is 1. The van der Waals surface area contributed by atoms with Crippen molar-refractivity contribution in [2.45, 2.75) is 38.8 Å². The Morgan fingerprint density at radius 1 is 1.33 bits per heavy atom. The van der Waals surface area contributed by atoms with Crippen molar-refractivity contribution in [3.63, 3.8) is 0 Å². The molecule has 24 heavy (non-hydrogen) atoms.